The van der Waals surface area contributed by atoms with E-state index in [-0.39, 0.29) is 11.5 Å². The maximum absolute atomic E-state index is 5.33. The van der Waals surface area contributed by atoms with Crippen molar-refractivity contribution in [1.82, 2.24) is 5.32 Å². The topological polar surface area (TPSA) is 42.5 Å². The highest BCUT2D eigenvalue weighted by Crippen LogP contribution is 2.29. The first-order chi connectivity index (χ1) is 9.27. The van der Waals surface area contributed by atoms with E-state index in [1.54, 1.807) is 14.2 Å². The van der Waals surface area contributed by atoms with Crippen LogP contribution in [0.3, 0.4) is 0 Å². The van der Waals surface area contributed by atoms with Crippen molar-refractivity contribution in [3.8, 4) is 11.5 Å². The quantitative estimate of drug-likeness (QED) is 0.833. The molecule has 1 unspecified atom stereocenters. The zero-order valence-corrected chi connectivity index (χ0v) is 13.9. The van der Waals surface area contributed by atoms with Crippen LogP contribution in [0.25, 0.3) is 0 Å². The number of hydrogen-bond donors (Lipinski definition) is 2. The van der Waals surface area contributed by atoms with Gasteiger partial charge in [0.05, 0.1) is 14.2 Å². The van der Waals surface area contributed by atoms with E-state index in [0.29, 0.717) is 16.6 Å². The summed E-state index contributed by atoms with van der Waals surface area (Å²) in [5, 5.41) is 7.04. The van der Waals surface area contributed by atoms with E-state index in [2.05, 4.69) is 38.3 Å². The highest BCUT2D eigenvalue weighted by atomic mass is 32.1. The Morgan fingerprint density at radius 3 is 2.25 bits per heavy atom. The van der Waals surface area contributed by atoms with Gasteiger partial charge >= 0.3 is 0 Å². The van der Waals surface area contributed by atoms with Crippen LogP contribution in [0.2, 0.25) is 0 Å². The number of methoxy groups -OCH3 is 2. The molecular weight excluding hydrogens is 272 g/mol. The van der Waals surface area contributed by atoms with E-state index in [9.17, 15) is 0 Å². The van der Waals surface area contributed by atoms with Crippen LogP contribution in [0.15, 0.2) is 18.2 Å². The minimum absolute atomic E-state index is 0.142. The van der Waals surface area contributed by atoms with Crippen molar-refractivity contribution in [1.29, 1.82) is 0 Å². The van der Waals surface area contributed by atoms with Crippen LogP contribution in [-0.2, 0) is 0 Å². The van der Waals surface area contributed by atoms with E-state index < -0.39 is 0 Å². The Labute approximate surface area is 126 Å². The summed E-state index contributed by atoms with van der Waals surface area (Å²) in [4.78, 5) is 0. The minimum atomic E-state index is 0.142. The molecule has 0 heterocycles. The number of ether oxygens (including phenoxy) is 2. The third kappa shape index (κ3) is 4.56. The summed E-state index contributed by atoms with van der Waals surface area (Å²) in [7, 11) is 3.22. The lowest BCUT2D eigenvalue weighted by atomic mass is 9.88. The fourth-order valence-corrected chi connectivity index (χ4v) is 1.79. The number of anilines is 1. The lowest BCUT2D eigenvalue weighted by Crippen LogP contribution is -2.43. The molecule has 5 heteroatoms. The highest BCUT2D eigenvalue weighted by Gasteiger charge is 2.20. The average Bonchev–Trinajstić information content (AvgIpc) is 2.37. The predicted molar refractivity (Wildman–Crippen MR) is 87.8 cm³/mol. The van der Waals surface area contributed by atoms with Gasteiger partial charge in [-0.25, -0.2) is 0 Å². The smallest absolute Gasteiger partial charge is 0.171 e. The molecule has 0 aromatic heterocycles. The van der Waals surface area contributed by atoms with Gasteiger partial charge in [0, 0.05) is 17.8 Å². The molecule has 2 N–H and O–H groups in total. The minimum Gasteiger partial charge on any atom is -0.493 e. The molecule has 1 aromatic carbocycles. The summed E-state index contributed by atoms with van der Waals surface area (Å²) >= 11 is 5.33. The van der Waals surface area contributed by atoms with E-state index in [1.165, 1.54) is 0 Å². The third-order valence-corrected chi connectivity index (χ3v) is 3.51. The van der Waals surface area contributed by atoms with E-state index >= 15 is 0 Å². The Morgan fingerprint density at radius 1 is 1.15 bits per heavy atom. The Hall–Kier alpha value is -1.49. The number of benzene rings is 1. The van der Waals surface area contributed by atoms with Crippen molar-refractivity contribution in [3.05, 3.63) is 18.2 Å². The fourth-order valence-electron chi connectivity index (χ4n) is 1.49. The predicted octanol–water partition coefficient (Wildman–Crippen LogP) is 3.42. The van der Waals surface area contributed by atoms with Gasteiger partial charge in [0.15, 0.2) is 16.6 Å². The first-order valence-corrected chi connectivity index (χ1v) is 6.98. The summed E-state index contributed by atoms with van der Waals surface area (Å²) in [5.74, 6) is 1.36. The molecule has 1 aromatic rings. The molecule has 0 saturated carbocycles. The zero-order chi connectivity index (χ0) is 15.3. The van der Waals surface area contributed by atoms with Gasteiger partial charge in [-0.1, -0.05) is 20.8 Å². The SMILES string of the molecule is COc1ccc(NC(=S)NC(C)C(C)(C)C)cc1OC. The molecule has 0 fully saturated rings. The standard InChI is InChI=1S/C15H24N2O2S/c1-10(15(2,3)4)16-14(20)17-11-7-8-12(18-5)13(9-11)19-6/h7-10H,1-6H3,(H2,16,17,20). The van der Waals surface area contributed by atoms with Crippen LogP contribution >= 0.6 is 12.2 Å². The van der Waals surface area contributed by atoms with Crippen LogP contribution in [0.4, 0.5) is 5.69 Å². The Bertz CT molecular complexity index is 469. The van der Waals surface area contributed by atoms with E-state index in [4.69, 9.17) is 21.7 Å². The van der Waals surface area contributed by atoms with Crippen LogP contribution < -0.4 is 20.1 Å². The van der Waals surface area contributed by atoms with Gasteiger partial charge in [0.1, 0.15) is 0 Å². The van der Waals surface area contributed by atoms with E-state index in [1.807, 2.05) is 18.2 Å². The maximum Gasteiger partial charge on any atom is 0.171 e. The lowest BCUT2D eigenvalue weighted by molar-refractivity contribution is 0.317. The molecule has 0 radical (unpaired) electrons. The second-order valence-electron chi connectivity index (χ2n) is 5.76. The molecule has 1 rings (SSSR count). The van der Waals surface area contributed by atoms with Gasteiger partial charge < -0.3 is 20.1 Å². The number of hydrogen-bond acceptors (Lipinski definition) is 3. The molecule has 0 saturated heterocycles. The second kappa shape index (κ2) is 6.79. The van der Waals surface area contributed by atoms with Crippen LogP contribution in [0, 0.1) is 5.41 Å². The number of thiocarbonyl (C=S) groups is 1. The first kappa shape index (κ1) is 16.6. The largest absolute Gasteiger partial charge is 0.493 e. The van der Waals surface area contributed by atoms with Crippen molar-refractivity contribution < 1.29 is 9.47 Å². The first-order valence-electron chi connectivity index (χ1n) is 6.57. The molecule has 0 amide bonds. The van der Waals surface area contributed by atoms with Crippen molar-refractivity contribution in [2.45, 2.75) is 33.7 Å². The average molecular weight is 296 g/mol. The molecule has 0 aliphatic rings. The monoisotopic (exact) mass is 296 g/mol. The summed E-state index contributed by atoms with van der Waals surface area (Å²) in [6, 6.07) is 5.87. The normalized spacial score (nSPS) is 12.5. The lowest BCUT2D eigenvalue weighted by Gasteiger charge is -2.29. The zero-order valence-electron chi connectivity index (χ0n) is 13.0. The molecule has 0 bridgehead atoms. The molecule has 20 heavy (non-hydrogen) atoms. The summed E-state index contributed by atoms with van der Waals surface area (Å²) in [6.45, 7) is 8.62. The Balaban J connectivity index is 2.71. The van der Waals surface area contributed by atoms with Gasteiger partial charge in [-0.3, -0.25) is 0 Å². The molecule has 0 spiro atoms. The Kier molecular flexibility index (Phi) is 5.62. The van der Waals surface area contributed by atoms with Crippen molar-refractivity contribution in [2.24, 2.45) is 5.41 Å². The molecule has 4 nitrogen and oxygen atoms in total. The van der Waals surface area contributed by atoms with Crippen molar-refractivity contribution in [3.63, 3.8) is 0 Å². The number of nitrogens with one attached hydrogen (secondary N) is 2. The third-order valence-electron chi connectivity index (χ3n) is 3.29. The molecule has 0 aliphatic carbocycles. The van der Waals surface area contributed by atoms with Gasteiger partial charge in [-0.15, -0.1) is 0 Å². The highest BCUT2D eigenvalue weighted by molar-refractivity contribution is 7.80. The molecule has 0 aliphatic heterocycles. The van der Waals surface area contributed by atoms with Crippen molar-refractivity contribution >= 4 is 23.0 Å². The molecular formula is C15H24N2O2S. The van der Waals surface area contributed by atoms with Gasteiger partial charge in [0.2, 0.25) is 0 Å². The van der Waals surface area contributed by atoms with Crippen molar-refractivity contribution in [2.75, 3.05) is 19.5 Å². The van der Waals surface area contributed by atoms with E-state index in [0.717, 1.165) is 5.69 Å². The van der Waals surface area contributed by atoms with Crippen LogP contribution in [-0.4, -0.2) is 25.4 Å². The summed E-state index contributed by atoms with van der Waals surface area (Å²) in [6.07, 6.45) is 0. The molecule has 1 atom stereocenters. The maximum atomic E-state index is 5.33. The fraction of sp³-hybridized carbons (Fsp3) is 0.533. The van der Waals surface area contributed by atoms with Gasteiger partial charge in [0.25, 0.3) is 0 Å². The number of rotatable bonds is 4. The summed E-state index contributed by atoms with van der Waals surface area (Å²) in [5.41, 5.74) is 1.00. The van der Waals surface area contributed by atoms with Gasteiger partial charge in [-0.2, -0.15) is 0 Å². The Morgan fingerprint density at radius 2 is 1.75 bits per heavy atom. The van der Waals surface area contributed by atoms with Gasteiger partial charge in [-0.05, 0) is 36.7 Å². The molecule has 112 valence electrons. The summed E-state index contributed by atoms with van der Waals surface area (Å²) < 4.78 is 10.5. The van der Waals surface area contributed by atoms with Crippen LogP contribution in [0.5, 0.6) is 11.5 Å². The van der Waals surface area contributed by atoms with Crippen LogP contribution in [0.1, 0.15) is 27.7 Å². The second-order valence-corrected chi connectivity index (χ2v) is 6.16.